The van der Waals surface area contributed by atoms with E-state index in [0.717, 1.165) is 0 Å². The molecule has 0 heterocycles. The van der Waals surface area contributed by atoms with Gasteiger partial charge in [-0.25, -0.2) is 0 Å². The van der Waals surface area contributed by atoms with Gasteiger partial charge in [0, 0.05) is 19.3 Å². The molecule has 0 aromatic carbocycles. The van der Waals surface area contributed by atoms with Gasteiger partial charge in [0.2, 0.25) is 0 Å². The van der Waals surface area contributed by atoms with Gasteiger partial charge in [-0.2, -0.15) is 0 Å². The van der Waals surface area contributed by atoms with Crippen LogP contribution in [0.2, 0.25) is 0 Å². The number of hydrogen-bond acceptors (Lipinski definition) is 4. The van der Waals surface area contributed by atoms with E-state index in [4.69, 9.17) is 4.74 Å². The minimum Gasteiger partial charge on any atom is -0.465 e. The SMILES string of the molecule is CCOC(=O)C12CCC(=O)C=C1CC(=O)CC2. The predicted molar refractivity (Wildman–Crippen MR) is 60.2 cm³/mol. The molecule has 2 rings (SSSR count). The highest BCUT2D eigenvalue weighted by Crippen LogP contribution is 2.46. The highest BCUT2D eigenvalue weighted by atomic mass is 16.5. The van der Waals surface area contributed by atoms with Crippen LogP contribution in [0.4, 0.5) is 0 Å². The topological polar surface area (TPSA) is 60.4 Å². The Kier molecular flexibility index (Phi) is 3.13. The van der Waals surface area contributed by atoms with Crippen molar-refractivity contribution in [1.29, 1.82) is 0 Å². The Morgan fingerprint density at radius 2 is 2.06 bits per heavy atom. The summed E-state index contributed by atoms with van der Waals surface area (Å²) in [5, 5.41) is 0. The molecule has 0 aromatic heterocycles. The van der Waals surface area contributed by atoms with Crippen LogP contribution >= 0.6 is 0 Å². The largest absolute Gasteiger partial charge is 0.465 e. The Labute approximate surface area is 100 Å². The van der Waals surface area contributed by atoms with Gasteiger partial charge >= 0.3 is 5.97 Å². The molecule has 0 bridgehead atoms. The van der Waals surface area contributed by atoms with E-state index >= 15 is 0 Å². The molecule has 2 aliphatic rings. The lowest BCUT2D eigenvalue weighted by molar-refractivity contribution is -0.155. The number of esters is 1. The first-order valence-corrected chi connectivity index (χ1v) is 6.01. The number of ether oxygens (including phenoxy) is 1. The highest BCUT2D eigenvalue weighted by molar-refractivity contribution is 5.98. The van der Waals surface area contributed by atoms with Crippen LogP contribution in [0.1, 0.15) is 39.0 Å². The lowest BCUT2D eigenvalue weighted by Gasteiger charge is -2.38. The van der Waals surface area contributed by atoms with Crippen LogP contribution in [-0.2, 0) is 19.1 Å². The average Bonchev–Trinajstić information content (AvgIpc) is 2.29. The summed E-state index contributed by atoms with van der Waals surface area (Å²) in [6.45, 7) is 2.09. The summed E-state index contributed by atoms with van der Waals surface area (Å²) < 4.78 is 5.11. The summed E-state index contributed by atoms with van der Waals surface area (Å²) in [5.74, 6) is -0.160. The molecule has 1 fully saturated rings. The summed E-state index contributed by atoms with van der Waals surface area (Å²) in [5.41, 5.74) is -0.0267. The Bertz CT molecular complexity index is 408. The average molecular weight is 236 g/mol. The van der Waals surface area contributed by atoms with Crippen molar-refractivity contribution in [2.45, 2.75) is 39.0 Å². The first kappa shape index (κ1) is 12.0. The van der Waals surface area contributed by atoms with Gasteiger partial charge in [-0.05, 0) is 31.4 Å². The van der Waals surface area contributed by atoms with Gasteiger partial charge in [-0.15, -0.1) is 0 Å². The fourth-order valence-electron chi connectivity index (χ4n) is 2.67. The summed E-state index contributed by atoms with van der Waals surface area (Å²) >= 11 is 0. The summed E-state index contributed by atoms with van der Waals surface area (Å²) in [4.78, 5) is 34.9. The molecule has 0 saturated heterocycles. The van der Waals surface area contributed by atoms with E-state index < -0.39 is 5.41 Å². The van der Waals surface area contributed by atoms with E-state index in [1.165, 1.54) is 6.08 Å². The molecule has 1 unspecified atom stereocenters. The second kappa shape index (κ2) is 4.43. The molecule has 0 spiro atoms. The minimum atomic E-state index is -0.697. The van der Waals surface area contributed by atoms with Crippen LogP contribution in [0, 0.1) is 5.41 Å². The molecule has 0 aromatic rings. The fraction of sp³-hybridized carbons (Fsp3) is 0.615. The maximum atomic E-state index is 12.1. The van der Waals surface area contributed by atoms with Gasteiger partial charge in [0.15, 0.2) is 5.78 Å². The van der Waals surface area contributed by atoms with Crippen molar-refractivity contribution in [3.63, 3.8) is 0 Å². The molecule has 1 atom stereocenters. The van der Waals surface area contributed by atoms with Gasteiger partial charge in [0.25, 0.3) is 0 Å². The third-order valence-corrected chi connectivity index (χ3v) is 3.63. The van der Waals surface area contributed by atoms with Crippen molar-refractivity contribution in [3.8, 4) is 0 Å². The molecule has 92 valence electrons. The van der Waals surface area contributed by atoms with Gasteiger partial charge < -0.3 is 4.74 Å². The van der Waals surface area contributed by atoms with Crippen LogP contribution in [0.3, 0.4) is 0 Å². The van der Waals surface area contributed by atoms with E-state index in [2.05, 4.69) is 0 Å². The molecule has 4 nitrogen and oxygen atoms in total. The molecule has 0 N–H and O–H groups in total. The molecule has 2 aliphatic carbocycles. The van der Waals surface area contributed by atoms with E-state index in [0.29, 0.717) is 37.9 Å². The number of ketones is 2. The zero-order chi connectivity index (χ0) is 12.5. The standard InChI is InChI=1S/C13H16O4/c1-2-17-12(16)13-5-3-10(14)7-9(13)8-11(15)4-6-13/h7H,2-6,8H2,1H3. The third kappa shape index (κ3) is 2.04. The van der Waals surface area contributed by atoms with E-state index in [1.807, 2.05) is 0 Å². The zero-order valence-electron chi connectivity index (χ0n) is 9.95. The van der Waals surface area contributed by atoms with Gasteiger partial charge in [-0.1, -0.05) is 0 Å². The quantitative estimate of drug-likeness (QED) is 0.683. The van der Waals surface area contributed by atoms with Crippen LogP contribution in [0.5, 0.6) is 0 Å². The minimum absolute atomic E-state index is 0.00891. The molecule has 0 aliphatic heterocycles. The molecule has 0 radical (unpaired) electrons. The molecule has 17 heavy (non-hydrogen) atoms. The number of rotatable bonds is 2. The van der Waals surface area contributed by atoms with Crippen molar-refractivity contribution >= 4 is 17.5 Å². The van der Waals surface area contributed by atoms with Crippen molar-refractivity contribution in [1.82, 2.24) is 0 Å². The van der Waals surface area contributed by atoms with Gasteiger partial charge in [-0.3, -0.25) is 14.4 Å². The van der Waals surface area contributed by atoms with E-state index in [-0.39, 0.29) is 24.0 Å². The Morgan fingerprint density at radius 1 is 1.35 bits per heavy atom. The van der Waals surface area contributed by atoms with Crippen molar-refractivity contribution < 1.29 is 19.1 Å². The predicted octanol–water partition coefficient (Wildman–Crippen LogP) is 1.58. The van der Waals surface area contributed by atoms with Crippen molar-refractivity contribution in [3.05, 3.63) is 11.6 Å². The second-order valence-corrected chi connectivity index (χ2v) is 4.65. The number of Topliss-reactive ketones (excluding diaryl/α,β-unsaturated/α-hetero) is 1. The summed E-state index contributed by atoms with van der Waals surface area (Å²) in [6, 6.07) is 0. The molecular formula is C13H16O4. The Balaban J connectivity index is 2.35. The molecule has 4 heteroatoms. The molecule has 1 saturated carbocycles. The van der Waals surface area contributed by atoms with Crippen molar-refractivity contribution in [2.75, 3.05) is 6.61 Å². The first-order chi connectivity index (χ1) is 8.08. The Hall–Kier alpha value is -1.45. The number of allylic oxidation sites excluding steroid dienone is 1. The lowest BCUT2D eigenvalue weighted by atomic mass is 9.64. The van der Waals surface area contributed by atoms with E-state index in [1.54, 1.807) is 6.92 Å². The monoisotopic (exact) mass is 236 g/mol. The second-order valence-electron chi connectivity index (χ2n) is 4.65. The summed E-state index contributed by atoms with van der Waals surface area (Å²) in [6.07, 6.45) is 3.47. The van der Waals surface area contributed by atoms with Crippen molar-refractivity contribution in [2.24, 2.45) is 5.41 Å². The smallest absolute Gasteiger partial charge is 0.316 e. The van der Waals surface area contributed by atoms with Crippen LogP contribution in [-0.4, -0.2) is 24.1 Å². The maximum Gasteiger partial charge on any atom is 0.316 e. The van der Waals surface area contributed by atoms with Crippen LogP contribution < -0.4 is 0 Å². The maximum absolute atomic E-state index is 12.1. The number of hydrogen-bond donors (Lipinski definition) is 0. The van der Waals surface area contributed by atoms with Gasteiger partial charge in [0.1, 0.15) is 5.78 Å². The number of fused-ring (bicyclic) bond motifs is 1. The number of carbonyl (C=O) groups is 3. The normalized spacial score (nSPS) is 28.4. The van der Waals surface area contributed by atoms with Crippen LogP contribution in [0.25, 0.3) is 0 Å². The molecular weight excluding hydrogens is 220 g/mol. The van der Waals surface area contributed by atoms with Crippen LogP contribution in [0.15, 0.2) is 11.6 Å². The third-order valence-electron chi connectivity index (χ3n) is 3.63. The van der Waals surface area contributed by atoms with E-state index in [9.17, 15) is 14.4 Å². The number of carbonyl (C=O) groups excluding carboxylic acids is 3. The highest BCUT2D eigenvalue weighted by Gasteiger charge is 2.48. The first-order valence-electron chi connectivity index (χ1n) is 6.01. The fourth-order valence-corrected chi connectivity index (χ4v) is 2.67. The summed E-state index contributed by atoms with van der Waals surface area (Å²) in [7, 11) is 0. The molecule has 0 amide bonds. The Morgan fingerprint density at radius 3 is 2.76 bits per heavy atom. The lowest BCUT2D eigenvalue weighted by Crippen LogP contribution is -2.41. The van der Waals surface area contributed by atoms with Gasteiger partial charge in [0.05, 0.1) is 12.0 Å². The zero-order valence-corrected chi connectivity index (χ0v) is 9.95.